The smallest absolute Gasteiger partial charge is 0.242 e. The fourth-order valence-corrected chi connectivity index (χ4v) is 2.02. The topological polar surface area (TPSA) is 76.1 Å². The molecule has 2 rings (SSSR count). The Labute approximate surface area is 129 Å². The zero-order chi connectivity index (χ0) is 15.9. The number of amides is 1. The summed E-state index contributed by atoms with van der Waals surface area (Å²) >= 11 is 0. The van der Waals surface area contributed by atoms with Crippen LogP contribution in [-0.4, -0.2) is 23.0 Å². The average molecular weight is 300 g/mol. The van der Waals surface area contributed by atoms with Crippen LogP contribution < -0.4 is 15.6 Å². The highest BCUT2D eigenvalue weighted by Crippen LogP contribution is 2.12. The van der Waals surface area contributed by atoms with E-state index in [1.807, 2.05) is 44.2 Å². The normalized spacial score (nSPS) is 10.1. The molecule has 1 heterocycles. The number of anilines is 1. The van der Waals surface area contributed by atoms with Gasteiger partial charge in [-0.05, 0) is 44.0 Å². The number of aryl methyl sites for hydroxylation is 3. The van der Waals surface area contributed by atoms with E-state index in [0.29, 0.717) is 18.8 Å². The van der Waals surface area contributed by atoms with Gasteiger partial charge in [-0.15, -0.1) is 0 Å². The molecule has 116 valence electrons. The van der Waals surface area contributed by atoms with Crippen LogP contribution in [0.2, 0.25) is 0 Å². The first-order chi connectivity index (χ1) is 10.6. The van der Waals surface area contributed by atoms with Crippen LogP contribution in [0.25, 0.3) is 0 Å². The third kappa shape index (κ3) is 4.73. The van der Waals surface area contributed by atoms with Gasteiger partial charge in [-0.2, -0.15) is 0 Å². The fraction of sp³-hybridized carbons (Fsp3) is 0.312. The largest absolute Gasteiger partial charge is 0.497 e. The highest BCUT2D eigenvalue weighted by Gasteiger charge is 2.04. The molecule has 22 heavy (non-hydrogen) atoms. The standard InChI is InChI=1S/C16H20N4O2/c1-11-10-12(2)18-16(17-11)20-19-15(21)9-6-13-4-7-14(22-3)8-5-13/h4-5,7-8,10H,6,9H2,1-3H3,(H,19,21)(H,17,18,20). The highest BCUT2D eigenvalue weighted by molar-refractivity contribution is 5.77. The Kier molecular flexibility index (Phi) is 5.30. The number of nitrogens with one attached hydrogen (secondary N) is 2. The molecule has 1 aromatic heterocycles. The van der Waals surface area contributed by atoms with E-state index in [0.717, 1.165) is 22.7 Å². The second-order valence-electron chi connectivity index (χ2n) is 5.00. The predicted octanol–water partition coefficient (Wildman–Crippen LogP) is 2.18. The van der Waals surface area contributed by atoms with Gasteiger partial charge in [0.1, 0.15) is 5.75 Å². The van der Waals surface area contributed by atoms with Crippen molar-refractivity contribution < 1.29 is 9.53 Å². The Morgan fingerprint density at radius 3 is 2.36 bits per heavy atom. The van der Waals surface area contributed by atoms with E-state index in [1.165, 1.54) is 0 Å². The summed E-state index contributed by atoms with van der Waals surface area (Å²) < 4.78 is 5.10. The van der Waals surface area contributed by atoms with Gasteiger partial charge in [0, 0.05) is 17.8 Å². The van der Waals surface area contributed by atoms with Crippen LogP contribution in [0.4, 0.5) is 5.95 Å². The molecule has 0 radical (unpaired) electrons. The second-order valence-corrected chi connectivity index (χ2v) is 5.00. The minimum atomic E-state index is -0.112. The number of benzene rings is 1. The van der Waals surface area contributed by atoms with Crippen molar-refractivity contribution in [3.63, 3.8) is 0 Å². The summed E-state index contributed by atoms with van der Waals surface area (Å²) in [5.74, 6) is 1.09. The Morgan fingerprint density at radius 2 is 1.77 bits per heavy atom. The molecule has 1 amide bonds. The maximum Gasteiger partial charge on any atom is 0.242 e. The van der Waals surface area contributed by atoms with Crippen molar-refractivity contribution in [2.75, 3.05) is 12.5 Å². The maximum absolute atomic E-state index is 11.8. The van der Waals surface area contributed by atoms with E-state index in [9.17, 15) is 4.79 Å². The molecule has 0 spiro atoms. The Hall–Kier alpha value is -2.63. The molecule has 0 saturated heterocycles. The molecular weight excluding hydrogens is 280 g/mol. The molecule has 6 nitrogen and oxygen atoms in total. The zero-order valence-electron chi connectivity index (χ0n) is 13.0. The minimum absolute atomic E-state index is 0.112. The quantitative estimate of drug-likeness (QED) is 0.800. The van der Waals surface area contributed by atoms with Gasteiger partial charge in [0.15, 0.2) is 0 Å². The number of hydrogen-bond acceptors (Lipinski definition) is 5. The number of carbonyl (C=O) groups excluding carboxylic acids is 1. The number of ether oxygens (including phenoxy) is 1. The highest BCUT2D eigenvalue weighted by atomic mass is 16.5. The lowest BCUT2D eigenvalue weighted by molar-refractivity contribution is -0.120. The van der Waals surface area contributed by atoms with Gasteiger partial charge in [0.05, 0.1) is 7.11 Å². The van der Waals surface area contributed by atoms with Gasteiger partial charge >= 0.3 is 0 Å². The first-order valence-electron chi connectivity index (χ1n) is 7.07. The fourth-order valence-electron chi connectivity index (χ4n) is 2.02. The number of hydrazine groups is 1. The first-order valence-corrected chi connectivity index (χ1v) is 7.07. The van der Waals surface area contributed by atoms with Crippen molar-refractivity contribution >= 4 is 11.9 Å². The van der Waals surface area contributed by atoms with E-state index in [1.54, 1.807) is 7.11 Å². The molecule has 0 aliphatic heterocycles. The number of hydrogen-bond donors (Lipinski definition) is 2. The molecule has 0 unspecified atom stereocenters. The van der Waals surface area contributed by atoms with Crippen molar-refractivity contribution in [1.82, 2.24) is 15.4 Å². The Balaban J connectivity index is 1.80. The van der Waals surface area contributed by atoms with Crippen LogP contribution in [-0.2, 0) is 11.2 Å². The number of aromatic nitrogens is 2. The van der Waals surface area contributed by atoms with E-state index < -0.39 is 0 Å². The lowest BCUT2D eigenvalue weighted by Gasteiger charge is -2.08. The summed E-state index contributed by atoms with van der Waals surface area (Å²) in [6, 6.07) is 9.54. The molecule has 1 aromatic carbocycles. The zero-order valence-corrected chi connectivity index (χ0v) is 13.0. The molecule has 0 atom stereocenters. The van der Waals surface area contributed by atoms with Crippen molar-refractivity contribution in [3.05, 3.63) is 47.3 Å². The molecule has 6 heteroatoms. The van der Waals surface area contributed by atoms with E-state index in [-0.39, 0.29) is 5.91 Å². The molecule has 0 fully saturated rings. The van der Waals surface area contributed by atoms with Crippen molar-refractivity contribution in [2.45, 2.75) is 26.7 Å². The number of rotatable bonds is 6. The number of carbonyl (C=O) groups is 1. The monoisotopic (exact) mass is 300 g/mol. The van der Waals surface area contributed by atoms with Crippen LogP contribution in [0, 0.1) is 13.8 Å². The first kappa shape index (κ1) is 15.8. The third-order valence-corrected chi connectivity index (χ3v) is 3.10. The van der Waals surface area contributed by atoms with Gasteiger partial charge in [0.2, 0.25) is 11.9 Å². The Bertz CT molecular complexity index is 621. The lowest BCUT2D eigenvalue weighted by atomic mass is 10.1. The van der Waals surface area contributed by atoms with Crippen LogP contribution in [0.1, 0.15) is 23.4 Å². The van der Waals surface area contributed by atoms with Gasteiger partial charge in [-0.25, -0.2) is 9.97 Å². The number of nitrogens with zero attached hydrogens (tertiary/aromatic N) is 2. The SMILES string of the molecule is COc1ccc(CCC(=O)NNc2nc(C)cc(C)n2)cc1. The summed E-state index contributed by atoms with van der Waals surface area (Å²) in [6.07, 6.45) is 1.04. The Morgan fingerprint density at radius 1 is 1.14 bits per heavy atom. The molecule has 0 aliphatic carbocycles. The number of methoxy groups -OCH3 is 1. The average Bonchev–Trinajstić information content (AvgIpc) is 2.50. The summed E-state index contributed by atoms with van der Waals surface area (Å²) in [5, 5.41) is 0. The van der Waals surface area contributed by atoms with Gasteiger partial charge in [0.25, 0.3) is 0 Å². The second kappa shape index (κ2) is 7.40. The van der Waals surface area contributed by atoms with Crippen molar-refractivity contribution in [3.8, 4) is 5.75 Å². The molecule has 0 bridgehead atoms. The van der Waals surface area contributed by atoms with Crippen LogP contribution in [0.15, 0.2) is 30.3 Å². The van der Waals surface area contributed by atoms with Gasteiger partial charge in [-0.1, -0.05) is 12.1 Å². The third-order valence-electron chi connectivity index (χ3n) is 3.10. The summed E-state index contributed by atoms with van der Waals surface area (Å²) in [7, 11) is 1.63. The van der Waals surface area contributed by atoms with E-state index >= 15 is 0 Å². The van der Waals surface area contributed by atoms with Crippen molar-refractivity contribution in [2.24, 2.45) is 0 Å². The summed E-state index contributed by atoms with van der Waals surface area (Å²) in [4.78, 5) is 20.2. The maximum atomic E-state index is 11.8. The molecule has 0 aliphatic rings. The molecule has 2 N–H and O–H groups in total. The van der Waals surface area contributed by atoms with Gasteiger partial charge in [-0.3, -0.25) is 15.6 Å². The van der Waals surface area contributed by atoms with E-state index in [2.05, 4.69) is 20.8 Å². The molecular formula is C16H20N4O2. The van der Waals surface area contributed by atoms with Crippen LogP contribution in [0.3, 0.4) is 0 Å². The summed E-state index contributed by atoms with van der Waals surface area (Å²) in [5.41, 5.74) is 8.13. The molecule has 2 aromatic rings. The van der Waals surface area contributed by atoms with Crippen LogP contribution in [0.5, 0.6) is 5.75 Å². The summed E-state index contributed by atoms with van der Waals surface area (Å²) in [6.45, 7) is 3.76. The van der Waals surface area contributed by atoms with E-state index in [4.69, 9.17) is 4.74 Å². The predicted molar refractivity (Wildman–Crippen MR) is 84.6 cm³/mol. The minimum Gasteiger partial charge on any atom is -0.497 e. The lowest BCUT2D eigenvalue weighted by Crippen LogP contribution is -2.30. The molecule has 0 saturated carbocycles. The van der Waals surface area contributed by atoms with Crippen molar-refractivity contribution in [1.29, 1.82) is 0 Å². The van der Waals surface area contributed by atoms with Crippen LogP contribution >= 0.6 is 0 Å². The van der Waals surface area contributed by atoms with Gasteiger partial charge < -0.3 is 4.74 Å².